The molecule has 0 spiro atoms. The van der Waals surface area contributed by atoms with Gasteiger partial charge in [0.25, 0.3) is 0 Å². The smallest absolute Gasteiger partial charge is 0.167 e. The van der Waals surface area contributed by atoms with Crippen LogP contribution in [0.1, 0.15) is 0 Å². The maximum absolute atomic E-state index is 5.97. The maximum atomic E-state index is 5.97. The van der Waals surface area contributed by atoms with Crippen LogP contribution < -0.4 is 0 Å². The van der Waals surface area contributed by atoms with E-state index >= 15 is 0 Å². The molecule has 0 radical (unpaired) electrons. The van der Waals surface area contributed by atoms with Crippen LogP contribution in [0, 0.1) is 0 Å². The Hall–Kier alpha value is -1.91. The van der Waals surface area contributed by atoms with E-state index < -0.39 is 0 Å². The molecule has 1 aromatic carbocycles. The van der Waals surface area contributed by atoms with E-state index in [0.717, 1.165) is 11.1 Å². The van der Waals surface area contributed by atoms with Crippen LogP contribution in [0.15, 0.2) is 47.5 Å². The van der Waals surface area contributed by atoms with E-state index in [4.69, 9.17) is 27.7 Å². The largest absolute Gasteiger partial charge is 0.356 e. The van der Waals surface area contributed by atoms with Crippen molar-refractivity contribution < 1.29 is 4.52 Å². The van der Waals surface area contributed by atoms with Crippen molar-refractivity contribution in [3.8, 4) is 22.6 Å². The molecule has 6 heteroatoms. The van der Waals surface area contributed by atoms with E-state index in [9.17, 15) is 0 Å². The van der Waals surface area contributed by atoms with E-state index in [-0.39, 0.29) is 0 Å². The van der Waals surface area contributed by atoms with Crippen molar-refractivity contribution in [2.45, 2.75) is 0 Å². The fourth-order valence-electron chi connectivity index (χ4n) is 1.63. The number of aromatic nitrogens is 3. The molecule has 3 aromatic rings. The second kappa shape index (κ2) is 4.99. The van der Waals surface area contributed by atoms with Crippen molar-refractivity contribution in [1.82, 2.24) is 15.1 Å². The summed E-state index contributed by atoms with van der Waals surface area (Å²) in [5.41, 5.74) is 2.27. The molecule has 2 aromatic heterocycles. The van der Waals surface area contributed by atoms with Crippen LogP contribution in [0.2, 0.25) is 10.0 Å². The normalized spacial score (nSPS) is 10.6. The molecule has 4 nitrogen and oxygen atoms in total. The molecule has 0 fully saturated rings. The maximum Gasteiger partial charge on any atom is 0.167 e. The Bertz CT molecular complexity index is 713. The second-order valence-electron chi connectivity index (χ2n) is 3.83. The summed E-state index contributed by atoms with van der Waals surface area (Å²) in [5, 5.41) is 4.96. The lowest BCUT2D eigenvalue weighted by molar-refractivity contribution is 0.435. The van der Waals surface area contributed by atoms with E-state index in [1.54, 1.807) is 30.6 Å². The highest BCUT2D eigenvalue weighted by molar-refractivity contribution is 6.42. The minimum Gasteiger partial charge on any atom is -0.356 e. The molecular weight excluding hydrogens is 285 g/mol. The molecule has 94 valence electrons. The molecule has 0 unspecified atom stereocenters. The lowest BCUT2D eigenvalue weighted by atomic mass is 10.1. The highest BCUT2D eigenvalue weighted by Crippen LogP contribution is 2.30. The fourth-order valence-corrected chi connectivity index (χ4v) is 1.93. The molecule has 0 aliphatic heterocycles. The number of nitrogens with zero attached hydrogens (tertiary/aromatic N) is 3. The van der Waals surface area contributed by atoms with Crippen molar-refractivity contribution in [2.24, 2.45) is 0 Å². The SMILES string of the molecule is Clc1ccc(-c2cc(-c3cncnc3)no2)cc1Cl. The van der Waals surface area contributed by atoms with Crippen LogP contribution >= 0.6 is 23.2 Å². The molecule has 0 saturated heterocycles. The van der Waals surface area contributed by atoms with E-state index in [2.05, 4.69) is 15.1 Å². The summed E-state index contributed by atoms with van der Waals surface area (Å²) < 4.78 is 5.29. The minimum atomic E-state index is 0.472. The fraction of sp³-hybridized carbons (Fsp3) is 0. The number of rotatable bonds is 2. The van der Waals surface area contributed by atoms with Crippen LogP contribution in [-0.2, 0) is 0 Å². The van der Waals surface area contributed by atoms with Crippen LogP contribution in [0.5, 0.6) is 0 Å². The monoisotopic (exact) mass is 291 g/mol. The van der Waals surface area contributed by atoms with Gasteiger partial charge < -0.3 is 4.52 Å². The molecular formula is C13H7Cl2N3O. The Morgan fingerprint density at radius 1 is 0.895 bits per heavy atom. The van der Waals surface area contributed by atoms with Gasteiger partial charge in [0, 0.05) is 29.6 Å². The molecule has 0 aliphatic carbocycles. The van der Waals surface area contributed by atoms with Crippen LogP contribution in [0.4, 0.5) is 0 Å². The molecule has 0 amide bonds. The first-order chi connectivity index (χ1) is 9.24. The van der Waals surface area contributed by atoms with Gasteiger partial charge in [-0.2, -0.15) is 0 Å². The van der Waals surface area contributed by atoms with E-state index in [1.807, 2.05) is 6.07 Å². The predicted molar refractivity (Wildman–Crippen MR) is 73.0 cm³/mol. The summed E-state index contributed by atoms with van der Waals surface area (Å²) in [6.07, 6.45) is 4.80. The Balaban J connectivity index is 1.99. The van der Waals surface area contributed by atoms with Gasteiger partial charge in [-0.15, -0.1) is 0 Å². The topological polar surface area (TPSA) is 51.8 Å². The summed E-state index contributed by atoms with van der Waals surface area (Å²) in [7, 11) is 0. The number of hydrogen-bond donors (Lipinski definition) is 0. The average Bonchev–Trinajstić information content (AvgIpc) is 2.93. The summed E-state index contributed by atoms with van der Waals surface area (Å²) in [6.45, 7) is 0. The summed E-state index contributed by atoms with van der Waals surface area (Å²) in [6, 6.07) is 7.07. The summed E-state index contributed by atoms with van der Waals surface area (Å²) >= 11 is 11.8. The lowest BCUT2D eigenvalue weighted by Gasteiger charge is -1.98. The van der Waals surface area contributed by atoms with Gasteiger partial charge in [0.2, 0.25) is 0 Å². The zero-order chi connectivity index (χ0) is 13.2. The molecule has 0 saturated carbocycles. The van der Waals surface area contributed by atoms with Gasteiger partial charge >= 0.3 is 0 Å². The molecule has 2 heterocycles. The molecule has 0 N–H and O–H groups in total. The summed E-state index contributed by atoms with van der Waals surface area (Å²) in [5.74, 6) is 0.609. The van der Waals surface area contributed by atoms with E-state index in [1.165, 1.54) is 6.33 Å². The molecule has 3 rings (SSSR count). The van der Waals surface area contributed by atoms with Crippen molar-refractivity contribution in [3.05, 3.63) is 53.0 Å². The van der Waals surface area contributed by atoms with Crippen LogP contribution in [0.3, 0.4) is 0 Å². The Labute approximate surface area is 119 Å². The Morgan fingerprint density at radius 2 is 1.68 bits per heavy atom. The Morgan fingerprint density at radius 3 is 2.42 bits per heavy atom. The summed E-state index contributed by atoms with van der Waals surface area (Å²) in [4.78, 5) is 7.87. The molecule has 0 aliphatic rings. The molecule has 0 atom stereocenters. The predicted octanol–water partition coefficient (Wildman–Crippen LogP) is 4.11. The van der Waals surface area contributed by atoms with Crippen LogP contribution in [0.25, 0.3) is 22.6 Å². The van der Waals surface area contributed by atoms with Crippen molar-refractivity contribution >= 4 is 23.2 Å². The average molecular weight is 292 g/mol. The van der Waals surface area contributed by atoms with Crippen molar-refractivity contribution in [2.75, 3.05) is 0 Å². The standard InChI is InChI=1S/C13H7Cl2N3O/c14-10-2-1-8(3-11(10)15)13-4-12(18-19-13)9-5-16-7-17-6-9/h1-7H. The van der Waals surface area contributed by atoms with Crippen LogP contribution in [-0.4, -0.2) is 15.1 Å². The molecule has 19 heavy (non-hydrogen) atoms. The highest BCUT2D eigenvalue weighted by atomic mass is 35.5. The number of halogens is 2. The van der Waals surface area contributed by atoms with Gasteiger partial charge in [-0.05, 0) is 18.2 Å². The van der Waals surface area contributed by atoms with E-state index in [0.29, 0.717) is 21.5 Å². The number of benzene rings is 1. The van der Waals surface area contributed by atoms with Gasteiger partial charge in [-0.1, -0.05) is 28.4 Å². The van der Waals surface area contributed by atoms with Gasteiger partial charge in [-0.3, -0.25) is 0 Å². The van der Waals surface area contributed by atoms with Gasteiger partial charge in [-0.25, -0.2) is 9.97 Å². The van der Waals surface area contributed by atoms with Gasteiger partial charge in [0.1, 0.15) is 12.0 Å². The van der Waals surface area contributed by atoms with Crippen molar-refractivity contribution in [1.29, 1.82) is 0 Å². The second-order valence-corrected chi connectivity index (χ2v) is 4.65. The third-order valence-electron chi connectivity index (χ3n) is 2.57. The highest BCUT2D eigenvalue weighted by Gasteiger charge is 2.10. The minimum absolute atomic E-state index is 0.472. The quantitative estimate of drug-likeness (QED) is 0.713. The first-order valence-electron chi connectivity index (χ1n) is 5.41. The number of hydrogen-bond acceptors (Lipinski definition) is 4. The van der Waals surface area contributed by atoms with Gasteiger partial charge in [0.05, 0.1) is 10.0 Å². The first kappa shape index (κ1) is 12.1. The Kier molecular flexibility index (Phi) is 3.19. The zero-order valence-corrected chi connectivity index (χ0v) is 11.1. The van der Waals surface area contributed by atoms with Crippen molar-refractivity contribution in [3.63, 3.8) is 0 Å². The first-order valence-corrected chi connectivity index (χ1v) is 6.17. The third-order valence-corrected chi connectivity index (χ3v) is 3.31. The zero-order valence-electron chi connectivity index (χ0n) is 9.55. The van der Waals surface area contributed by atoms with Gasteiger partial charge in [0.15, 0.2) is 5.76 Å². The third kappa shape index (κ3) is 2.45. The lowest BCUT2D eigenvalue weighted by Crippen LogP contribution is -1.80. The molecule has 0 bridgehead atoms.